The molecular formula is C24H25F. The van der Waals surface area contributed by atoms with Gasteiger partial charge < -0.3 is 0 Å². The fourth-order valence-electron chi connectivity index (χ4n) is 3.44. The molecule has 1 fully saturated rings. The summed E-state index contributed by atoms with van der Waals surface area (Å²) in [6, 6.07) is 14.8. The first kappa shape index (κ1) is 17.5. The van der Waals surface area contributed by atoms with Crippen LogP contribution in [0.3, 0.4) is 0 Å². The Hall–Kier alpha value is -2.33. The van der Waals surface area contributed by atoms with Crippen molar-refractivity contribution in [2.45, 2.75) is 39.0 Å². The molecule has 0 heterocycles. The van der Waals surface area contributed by atoms with Crippen LogP contribution in [0.2, 0.25) is 0 Å². The first-order chi connectivity index (χ1) is 12.2. The minimum absolute atomic E-state index is 0.202. The molecule has 0 spiro atoms. The van der Waals surface area contributed by atoms with Gasteiger partial charge in [0.05, 0.1) is 0 Å². The number of halogens is 1. The molecule has 0 atom stereocenters. The fourth-order valence-corrected chi connectivity index (χ4v) is 3.44. The first-order valence-electron chi connectivity index (χ1n) is 9.23. The van der Waals surface area contributed by atoms with Gasteiger partial charge in [-0.2, -0.15) is 0 Å². The van der Waals surface area contributed by atoms with Crippen molar-refractivity contribution in [3.8, 4) is 23.0 Å². The second-order valence-corrected chi connectivity index (χ2v) is 6.88. The molecule has 0 amide bonds. The molecule has 3 rings (SSSR count). The fraction of sp³-hybridized carbons (Fsp3) is 0.333. The number of rotatable bonds is 3. The third-order valence-electron chi connectivity index (χ3n) is 5.03. The van der Waals surface area contributed by atoms with Crippen molar-refractivity contribution in [3.05, 3.63) is 72.1 Å². The molecule has 2 aromatic carbocycles. The van der Waals surface area contributed by atoms with Crippen molar-refractivity contribution in [2.24, 2.45) is 11.8 Å². The predicted octanol–water partition coefficient (Wildman–Crippen LogP) is 6.62. The number of hydrogen-bond acceptors (Lipinski definition) is 0. The molecule has 0 aromatic heterocycles. The van der Waals surface area contributed by atoms with Crippen LogP contribution in [0.15, 0.2) is 60.7 Å². The highest BCUT2D eigenvalue weighted by molar-refractivity contribution is 5.64. The van der Waals surface area contributed by atoms with Crippen LogP contribution in [0.1, 0.15) is 44.6 Å². The van der Waals surface area contributed by atoms with E-state index in [9.17, 15) is 4.39 Å². The Balaban J connectivity index is 1.58. The van der Waals surface area contributed by atoms with Crippen LogP contribution in [0.4, 0.5) is 4.39 Å². The summed E-state index contributed by atoms with van der Waals surface area (Å²) in [5, 5.41) is 0. The van der Waals surface area contributed by atoms with Gasteiger partial charge >= 0.3 is 0 Å². The van der Waals surface area contributed by atoms with E-state index in [0.717, 1.165) is 22.6 Å². The van der Waals surface area contributed by atoms with E-state index in [2.05, 4.69) is 55.2 Å². The zero-order valence-corrected chi connectivity index (χ0v) is 14.8. The third kappa shape index (κ3) is 5.07. The molecule has 0 saturated heterocycles. The van der Waals surface area contributed by atoms with Crippen molar-refractivity contribution in [2.75, 3.05) is 0 Å². The quantitative estimate of drug-likeness (QED) is 0.438. The van der Waals surface area contributed by atoms with Gasteiger partial charge in [0.25, 0.3) is 0 Å². The smallest absolute Gasteiger partial charge is 0.123 e. The average Bonchev–Trinajstić information content (AvgIpc) is 2.67. The van der Waals surface area contributed by atoms with E-state index in [1.165, 1.54) is 44.2 Å². The van der Waals surface area contributed by atoms with Crippen LogP contribution in [-0.4, -0.2) is 0 Å². The molecule has 25 heavy (non-hydrogen) atoms. The summed E-state index contributed by atoms with van der Waals surface area (Å²) in [5.41, 5.74) is 3.18. The van der Waals surface area contributed by atoms with Crippen LogP contribution in [0.25, 0.3) is 11.1 Å². The molecule has 0 unspecified atom stereocenters. The summed E-state index contributed by atoms with van der Waals surface area (Å²) in [5.74, 6) is 7.99. The molecular weight excluding hydrogens is 307 g/mol. The van der Waals surface area contributed by atoms with Gasteiger partial charge in [-0.3, -0.25) is 0 Å². The van der Waals surface area contributed by atoms with E-state index in [0.29, 0.717) is 5.92 Å². The summed E-state index contributed by atoms with van der Waals surface area (Å²) in [6.45, 7) is 2.10. The molecule has 0 N–H and O–H groups in total. The van der Waals surface area contributed by atoms with Crippen LogP contribution in [-0.2, 0) is 0 Å². The number of benzene rings is 2. The van der Waals surface area contributed by atoms with Gasteiger partial charge in [0.1, 0.15) is 5.82 Å². The van der Waals surface area contributed by atoms with Crippen LogP contribution in [0, 0.1) is 29.5 Å². The number of hydrogen-bond donors (Lipinski definition) is 0. The normalized spacial score (nSPS) is 20.2. The van der Waals surface area contributed by atoms with Crippen molar-refractivity contribution >= 4 is 0 Å². The van der Waals surface area contributed by atoms with Gasteiger partial charge in [-0.1, -0.05) is 48.3 Å². The van der Waals surface area contributed by atoms with Gasteiger partial charge in [-0.15, -0.1) is 0 Å². The maximum Gasteiger partial charge on any atom is 0.123 e. The van der Waals surface area contributed by atoms with E-state index in [1.54, 1.807) is 0 Å². The maximum absolute atomic E-state index is 13.0. The monoisotopic (exact) mass is 332 g/mol. The average molecular weight is 332 g/mol. The van der Waals surface area contributed by atoms with Crippen LogP contribution >= 0.6 is 0 Å². The van der Waals surface area contributed by atoms with E-state index in [-0.39, 0.29) is 5.82 Å². The van der Waals surface area contributed by atoms with Crippen molar-refractivity contribution in [1.29, 1.82) is 0 Å². The highest BCUT2D eigenvalue weighted by atomic mass is 19.1. The van der Waals surface area contributed by atoms with E-state index < -0.39 is 0 Å². The highest BCUT2D eigenvalue weighted by Crippen LogP contribution is 2.30. The van der Waals surface area contributed by atoms with Crippen molar-refractivity contribution in [1.82, 2.24) is 0 Å². The van der Waals surface area contributed by atoms with Crippen molar-refractivity contribution in [3.63, 3.8) is 0 Å². The Morgan fingerprint density at radius 3 is 2.12 bits per heavy atom. The molecule has 1 aliphatic carbocycles. The van der Waals surface area contributed by atoms with Gasteiger partial charge in [0.15, 0.2) is 0 Å². The zero-order valence-electron chi connectivity index (χ0n) is 14.8. The lowest BCUT2D eigenvalue weighted by atomic mass is 9.81. The summed E-state index contributed by atoms with van der Waals surface area (Å²) < 4.78 is 13.0. The molecule has 2 aromatic rings. The number of allylic oxidation sites excluding steroid dienone is 2. The van der Waals surface area contributed by atoms with E-state index in [1.807, 2.05) is 12.1 Å². The minimum atomic E-state index is -0.202. The topological polar surface area (TPSA) is 0 Å². The van der Waals surface area contributed by atoms with Gasteiger partial charge in [-0.05, 0) is 80.3 Å². The Labute approximate surface area is 150 Å². The van der Waals surface area contributed by atoms with Gasteiger partial charge in [-0.25, -0.2) is 4.39 Å². The molecule has 0 radical (unpaired) electrons. The highest BCUT2D eigenvalue weighted by Gasteiger charge is 2.18. The summed E-state index contributed by atoms with van der Waals surface area (Å²) in [4.78, 5) is 0. The molecule has 128 valence electrons. The zero-order chi connectivity index (χ0) is 17.5. The predicted molar refractivity (Wildman–Crippen MR) is 104 cm³/mol. The molecule has 1 heteroatoms. The third-order valence-corrected chi connectivity index (χ3v) is 5.03. The minimum Gasteiger partial charge on any atom is -0.207 e. The van der Waals surface area contributed by atoms with Crippen LogP contribution < -0.4 is 0 Å². The Morgan fingerprint density at radius 1 is 0.920 bits per heavy atom. The van der Waals surface area contributed by atoms with E-state index in [4.69, 9.17) is 0 Å². The Bertz CT molecular complexity index is 748. The molecule has 1 aliphatic rings. The standard InChI is InChI=1S/C24H25F/c1-2-3-4-19-5-7-20(8-6-19)9-10-21-11-13-22(14-12-21)23-15-17-24(25)18-16-23/h2-3,11-20H,4-8H2,1H3. The summed E-state index contributed by atoms with van der Waals surface area (Å²) in [7, 11) is 0. The van der Waals surface area contributed by atoms with Gasteiger partial charge in [0, 0.05) is 11.5 Å². The van der Waals surface area contributed by atoms with Crippen LogP contribution in [0.5, 0.6) is 0 Å². The SMILES string of the molecule is CC=CCC1CCC(C#Cc2ccc(-c3ccc(F)cc3)cc2)CC1. The lowest BCUT2D eigenvalue weighted by Crippen LogP contribution is -2.12. The molecule has 0 aliphatic heterocycles. The first-order valence-corrected chi connectivity index (χ1v) is 9.23. The molecule has 0 nitrogen and oxygen atoms in total. The van der Waals surface area contributed by atoms with Crippen molar-refractivity contribution < 1.29 is 4.39 Å². The largest absolute Gasteiger partial charge is 0.207 e. The van der Waals surface area contributed by atoms with E-state index >= 15 is 0 Å². The second-order valence-electron chi connectivity index (χ2n) is 6.88. The summed E-state index contributed by atoms with van der Waals surface area (Å²) >= 11 is 0. The summed E-state index contributed by atoms with van der Waals surface area (Å²) in [6.07, 6.45) is 10.7. The second kappa shape index (κ2) is 8.67. The maximum atomic E-state index is 13.0. The van der Waals surface area contributed by atoms with Gasteiger partial charge in [0.2, 0.25) is 0 Å². The molecule has 1 saturated carbocycles. The lowest BCUT2D eigenvalue weighted by molar-refractivity contribution is 0.319. The molecule has 0 bridgehead atoms. The lowest BCUT2D eigenvalue weighted by Gasteiger charge is -2.24. The Kier molecular flexibility index (Phi) is 6.07. The Morgan fingerprint density at radius 2 is 1.52 bits per heavy atom.